The minimum Gasteiger partial charge on any atom is -0.507 e. The molecule has 2 unspecified atom stereocenters. The van der Waals surface area contributed by atoms with Crippen molar-refractivity contribution in [2.24, 2.45) is 0 Å². The number of rotatable bonds is 6. The Balaban J connectivity index is 2.01. The van der Waals surface area contributed by atoms with Crippen LogP contribution in [-0.4, -0.2) is 16.7 Å². The van der Waals surface area contributed by atoms with Gasteiger partial charge in [-0.2, -0.15) is 0 Å². The van der Waals surface area contributed by atoms with Crippen LogP contribution in [0.4, 0.5) is 0 Å². The molecule has 25 heavy (non-hydrogen) atoms. The van der Waals surface area contributed by atoms with Crippen LogP contribution in [0.15, 0.2) is 72.0 Å². The van der Waals surface area contributed by atoms with Crippen LogP contribution in [0.1, 0.15) is 43.7 Å². The van der Waals surface area contributed by atoms with Gasteiger partial charge in [0.1, 0.15) is 5.76 Å². The second-order valence-corrected chi connectivity index (χ2v) is 6.53. The molecule has 2 aromatic carbocycles. The number of esters is 1. The normalized spacial score (nSPS) is 21.3. The average molecular weight is 336 g/mol. The van der Waals surface area contributed by atoms with Gasteiger partial charge in [0.25, 0.3) is 0 Å². The fourth-order valence-corrected chi connectivity index (χ4v) is 3.63. The van der Waals surface area contributed by atoms with Crippen LogP contribution in [0.3, 0.4) is 0 Å². The van der Waals surface area contributed by atoms with Gasteiger partial charge in [0.2, 0.25) is 0 Å². The van der Waals surface area contributed by atoms with Crippen molar-refractivity contribution in [1.82, 2.24) is 0 Å². The highest BCUT2D eigenvalue weighted by atomic mass is 16.6. The molecule has 0 spiro atoms. The van der Waals surface area contributed by atoms with E-state index in [1.807, 2.05) is 74.5 Å². The minimum absolute atomic E-state index is 0.0968. The predicted molar refractivity (Wildman–Crippen MR) is 98.4 cm³/mol. The maximum Gasteiger partial charge on any atom is 0.339 e. The molecule has 0 bridgehead atoms. The molecule has 0 fully saturated rings. The SMILES string of the molecule is CCC(C1=C(O)C(CC)(Cc2ccccc2)OC1=O)c1ccccc1. The van der Waals surface area contributed by atoms with Crippen molar-refractivity contribution in [3.63, 3.8) is 0 Å². The van der Waals surface area contributed by atoms with Gasteiger partial charge in [0, 0.05) is 12.3 Å². The lowest BCUT2D eigenvalue weighted by atomic mass is 9.83. The summed E-state index contributed by atoms with van der Waals surface area (Å²) in [7, 11) is 0. The molecule has 1 heterocycles. The lowest BCUT2D eigenvalue weighted by Gasteiger charge is -2.27. The molecule has 1 aliphatic rings. The standard InChI is InChI=1S/C22H24O3/c1-3-18(17-13-9-6-10-14-17)19-20(23)22(4-2,25-21(19)24)15-16-11-7-5-8-12-16/h5-14,18,23H,3-4,15H2,1-2H3. The van der Waals surface area contributed by atoms with Crippen molar-refractivity contribution >= 4 is 5.97 Å². The largest absolute Gasteiger partial charge is 0.507 e. The van der Waals surface area contributed by atoms with Crippen molar-refractivity contribution in [2.45, 2.75) is 44.6 Å². The Kier molecular flexibility index (Phi) is 4.93. The predicted octanol–water partition coefficient (Wildman–Crippen LogP) is 4.94. The van der Waals surface area contributed by atoms with Crippen LogP contribution in [-0.2, 0) is 16.0 Å². The number of hydrogen-bond donors (Lipinski definition) is 1. The number of hydrogen-bond acceptors (Lipinski definition) is 3. The lowest BCUT2D eigenvalue weighted by molar-refractivity contribution is -0.148. The first-order valence-electron chi connectivity index (χ1n) is 8.87. The number of aliphatic hydroxyl groups excluding tert-OH is 1. The third-order valence-corrected chi connectivity index (χ3v) is 5.06. The van der Waals surface area contributed by atoms with Crippen LogP contribution in [0.5, 0.6) is 0 Å². The molecule has 0 aromatic heterocycles. The topological polar surface area (TPSA) is 46.5 Å². The van der Waals surface area contributed by atoms with Crippen LogP contribution in [0.2, 0.25) is 0 Å². The fraction of sp³-hybridized carbons (Fsp3) is 0.318. The summed E-state index contributed by atoms with van der Waals surface area (Å²) < 4.78 is 5.77. The van der Waals surface area contributed by atoms with Crippen molar-refractivity contribution in [3.8, 4) is 0 Å². The molecule has 0 radical (unpaired) electrons. The second-order valence-electron chi connectivity index (χ2n) is 6.53. The van der Waals surface area contributed by atoms with Crippen LogP contribution < -0.4 is 0 Å². The van der Waals surface area contributed by atoms with Crippen molar-refractivity contribution in [2.75, 3.05) is 0 Å². The van der Waals surface area contributed by atoms with Crippen LogP contribution >= 0.6 is 0 Å². The Morgan fingerprint density at radius 2 is 1.60 bits per heavy atom. The first-order chi connectivity index (χ1) is 12.1. The summed E-state index contributed by atoms with van der Waals surface area (Å²) >= 11 is 0. The summed E-state index contributed by atoms with van der Waals surface area (Å²) in [5.41, 5.74) is 1.51. The molecule has 1 N–H and O–H groups in total. The van der Waals surface area contributed by atoms with Gasteiger partial charge in [-0.15, -0.1) is 0 Å². The lowest BCUT2D eigenvalue weighted by Crippen LogP contribution is -2.34. The zero-order chi connectivity index (χ0) is 17.9. The van der Waals surface area contributed by atoms with E-state index in [2.05, 4.69) is 0 Å². The molecule has 3 rings (SSSR count). The molecule has 0 aliphatic carbocycles. The summed E-state index contributed by atoms with van der Waals surface area (Å²) in [4.78, 5) is 12.7. The Labute approximate surface area is 149 Å². The highest BCUT2D eigenvalue weighted by Crippen LogP contribution is 2.43. The fourth-order valence-electron chi connectivity index (χ4n) is 3.63. The third-order valence-electron chi connectivity index (χ3n) is 5.06. The van der Waals surface area contributed by atoms with Crippen LogP contribution in [0, 0.1) is 0 Å². The maximum atomic E-state index is 12.7. The molecule has 0 amide bonds. The van der Waals surface area contributed by atoms with Gasteiger partial charge < -0.3 is 9.84 Å². The van der Waals surface area contributed by atoms with Gasteiger partial charge in [-0.3, -0.25) is 0 Å². The van der Waals surface area contributed by atoms with Gasteiger partial charge in [-0.1, -0.05) is 74.5 Å². The molecule has 2 atom stereocenters. The van der Waals surface area contributed by atoms with Gasteiger partial charge in [0.05, 0.1) is 5.57 Å². The Morgan fingerprint density at radius 3 is 2.16 bits per heavy atom. The van der Waals surface area contributed by atoms with E-state index < -0.39 is 11.6 Å². The van der Waals surface area contributed by atoms with Crippen molar-refractivity contribution in [3.05, 3.63) is 83.1 Å². The van der Waals surface area contributed by atoms with E-state index in [4.69, 9.17) is 4.74 Å². The number of aliphatic hydroxyl groups is 1. The van der Waals surface area contributed by atoms with Gasteiger partial charge in [-0.05, 0) is 24.0 Å². The van der Waals surface area contributed by atoms with E-state index >= 15 is 0 Å². The van der Waals surface area contributed by atoms with E-state index in [1.165, 1.54) is 0 Å². The second kappa shape index (κ2) is 7.14. The number of cyclic esters (lactones) is 1. The van der Waals surface area contributed by atoms with E-state index in [9.17, 15) is 9.90 Å². The van der Waals surface area contributed by atoms with Gasteiger partial charge >= 0.3 is 5.97 Å². The molecule has 1 aliphatic heterocycles. The molecule has 0 saturated carbocycles. The summed E-state index contributed by atoms with van der Waals surface area (Å²) in [6.07, 6.45) is 1.74. The Hall–Kier alpha value is -2.55. The number of benzene rings is 2. The molecular weight excluding hydrogens is 312 g/mol. The van der Waals surface area contributed by atoms with E-state index in [0.29, 0.717) is 18.4 Å². The zero-order valence-electron chi connectivity index (χ0n) is 14.7. The highest BCUT2D eigenvalue weighted by molar-refractivity contribution is 5.94. The molecule has 2 aromatic rings. The first-order valence-corrected chi connectivity index (χ1v) is 8.87. The number of carbonyl (C=O) groups is 1. The number of carbonyl (C=O) groups excluding carboxylic acids is 1. The monoisotopic (exact) mass is 336 g/mol. The molecular formula is C22H24O3. The zero-order valence-corrected chi connectivity index (χ0v) is 14.7. The summed E-state index contributed by atoms with van der Waals surface area (Å²) in [6, 6.07) is 19.7. The minimum atomic E-state index is -0.962. The summed E-state index contributed by atoms with van der Waals surface area (Å²) in [5, 5.41) is 11.0. The summed E-state index contributed by atoms with van der Waals surface area (Å²) in [6.45, 7) is 3.97. The Morgan fingerprint density at radius 1 is 1.00 bits per heavy atom. The quantitative estimate of drug-likeness (QED) is 0.760. The Bertz CT molecular complexity index is 764. The van der Waals surface area contributed by atoms with Crippen LogP contribution in [0.25, 0.3) is 0 Å². The van der Waals surface area contributed by atoms with Crippen molar-refractivity contribution in [1.29, 1.82) is 0 Å². The summed E-state index contributed by atoms with van der Waals surface area (Å²) in [5.74, 6) is -0.455. The van der Waals surface area contributed by atoms with E-state index in [1.54, 1.807) is 0 Å². The van der Waals surface area contributed by atoms with Gasteiger partial charge in [0.15, 0.2) is 5.60 Å². The molecule has 3 heteroatoms. The van der Waals surface area contributed by atoms with E-state index in [0.717, 1.165) is 17.5 Å². The smallest absolute Gasteiger partial charge is 0.339 e. The van der Waals surface area contributed by atoms with E-state index in [-0.39, 0.29) is 11.7 Å². The molecule has 0 saturated heterocycles. The number of ether oxygens (including phenoxy) is 1. The third kappa shape index (κ3) is 3.19. The maximum absolute atomic E-state index is 12.7. The molecule has 130 valence electrons. The first kappa shape index (κ1) is 17.3. The average Bonchev–Trinajstić information content (AvgIpc) is 2.89. The highest BCUT2D eigenvalue weighted by Gasteiger charge is 2.48. The van der Waals surface area contributed by atoms with Crippen molar-refractivity contribution < 1.29 is 14.6 Å². The molecule has 3 nitrogen and oxygen atoms in total. The van der Waals surface area contributed by atoms with Gasteiger partial charge in [-0.25, -0.2) is 4.79 Å².